The van der Waals surface area contributed by atoms with E-state index in [0.717, 1.165) is 17.5 Å². The summed E-state index contributed by atoms with van der Waals surface area (Å²) < 4.78 is 0. The molecule has 1 aromatic heterocycles. The number of nitro benzene ring substituents is 1. The highest BCUT2D eigenvalue weighted by Crippen LogP contribution is 2.36. The van der Waals surface area contributed by atoms with Crippen molar-refractivity contribution >= 4 is 22.1 Å². The number of fused-ring (bicyclic) bond motifs is 1. The van der Waals surface area contributed by atoms with E-state index in [2.05, 4.69) is 24.1 Å². The van der Waals surface area contributed by atoms with E-state index in [1.54, 1.807) is 30.6 Å². The van der Waals surface area contributed by atoms with Crippen molar-refractivity contribution in [2.45, 2.75) is 32.7 Å². The van der Waals surface area contributed by atoms with Crippen LogP contribution in [0.15, 0.2) is 30.6 Å². The number of hydrogen-bond acceptors (Lipinski definition) is 4. The van der Waals surface area contributed by atoms with Gasteiger partial charge < -0.3 is 5.32 Å². The Morgan fingerprint density at radius 1 is 1.24 bits per heavy atom. The van der Waals surface area contributed by atoms with Gasteiger partial charge in [0.1, 0.15) is 0 Å². The van der Waals surface area contributed by atoms with Crippen LogP contribution in [0.5, 0.6) is 0 Å². The SMILES string of the molecule is CC1CCC(Nc2ccc([N+](=O)[O-])c3ccncc23)C1C. The molecule has 5 heteroatoms. The van der Waals surface area contributed by atoms with Crippen molar-refractivity contribution in [2.75, 3.05) is 5.32 Å². The minimum Gasteiger partial charge on any atom is -0.381 e. The van der Waals surface area contributed by atoms with Gasteiger partial charge in [-0.1, -0.05) is 13.8 Å². The molecule has 1 fully saturated rings. The summed E-state index contributed by atoms with van der Waals surface area (Å²) >= 11 is 0. The quantitative estimate of drug-likeness (QED) is 0.684. The largest absolute Gasteiger partial charge is 0.381 e. The fraction of sp³-hybridized carbons (Fsp3) is 0.438. The van der Waals surface area contributed by atoms with E-state index in [9.17, 15) is 10.1 Å². The van der Waals surface area contributed by atoms with Gasteiger partial charge in [0.2, 0.25) is 0 Å². The standard InChI is InChI=1S/C16H19N3O2/c1-10-3-4-14(11(10)2)18-15-5-6-16(19(20)21)12-7-8-17-9-13(12)15/h5-11,14,18H,3-4H2,1-2H3. The van der Waals surface area contributed by atoms with Gasteiger partial charge >= 0.3 is 0 Å². The number of non-ortho nitro benzene ring substituents is 1. The zero-order chi connectivity index (χ0) is 15.0. The first-order valence-electron chi connectivity index (χ1n) is 7.35. The van der Waals surface area contributed by atoms with E-state index in [0.29, 0.717) is 23.3 Å². The molecule has 0 spiro atoms. The first kappa shape index (κ1) is 13.8. The Labute approximate surface area is 123 Å². The minimum atomic E-state index is -0.341. The highest BCUT2D eigenvalue weighted by Gasteiger charge is 2.30. The molecule has 1 aliphatic rings. The molecule has 1 N–H and O–H groups in total. The van der Waals surface area contributed by atoms with Crippen LogP contribution in [0.1, 0.15) is 26.7 Å². The molecule has 1 heterocycles. The maximum absolute atomic E-state index is 11.1. The average molecular weight is 285 g/mol. The summed E-state index contributed by atoms with van der Waals surface area (Å²) in [6.45, 7) is 4.54. The minimum absolute atomic E-state index is 0.130. The first-order chi connectivity index (χ1) is 10.1. The van der Waals surface area contributed by atoms with Crippen LogP contribution in [0.3, 0.4) is 0 Å². The van der Waals surface area contributed by atoms with E-state index in [1.807, 2.05) is 0 Å². The zero-order valence-electron chi connectivity index (χ0n) is 12.2. The summed E-state index contributed by atoms with van der Waals surface area (Å²) in [4.78, 5) is 14.9. The van der Waals surface area contributed by atoms with Crippen molar-refractivity contribution in [1.82, 2.24) is 4.98 Å². The van der Waals surface area contributed by atoms with E-state index >= 15 is 0 Å². The number of nitro groups is 1. The van der Waals surface area contributed by atoms with Crippen molar-refractivity contribution in [3.63, 3.8) is 0 Å². The van der Waals surface area contributed by atoms with Crippen molar-refractivity contribution in [3.05, 3.63) is 40.7 Å². The second kappa shape index (κ2) is 5.31. The van der Waals surface area contributed by atoms with Gasteiger partial charge in [0, 0.05) is 35.6 Å². The number of hydrogen-bond donors (Lipinski definition) is 1. The lowest BCUT2D eigenvalue weighted by atomic mass is 9.97. The Hall–Kier alpha value is -2.17. The summed E-state index contributed by atoms with van der Waals surface area (Å²) in [5.41, 5.74) is 1.07. The summed E-state index contributed by atoms with van der Waals surface area (Å²) in [5.74, 6) is 1.32. The van der Waals surface area contributed by atoms with Crippen molar-refractivity contribution in [3.8, 4) is 0 Å². The van der Waals surface area contributed by atoms with Gasteiger partial charge in [-0.2, -0.15) is 0 Å². The number of nitrogens with one attached hydrogen (secondary N) is 1. The van der Waals surface area contributed by atoms with E-state index in [1.165, 1.54) is 6.42 Å². The number of benzene rings is 1. The van der Waals surface area contributed by atoms with Crippen molar-refractivity contribution in [2.24, 2.45) is 11.8 Å². The molecule has 110 valence electrons. The Morgan fingerprint density at radius 2 is 2.05 bits per heavy atom. The van der Waals surface area contributed by atoms with E-state index in [-0.39, 0.29) is 10.6 Å². The monoisotopic (exact) mass is 285 g/mol. The molecule has 0 bridgehead atoms. The molecule has 3 rings (SSSR count). The maximum atomic E-state index is 11.1. The van der Waals surface area contributed by atoms with Gasteiger partial charge in [-0.25, -0.2) is 0 Å². The average Bonchev–Trinajstić information content (AvgIpc) is 2.79. The third-order valence-corrected chi connectivity index (χ3v) is 4.80. The summed E-state index contributed by atoms with van der Waals surface area (Å²) in [6, 6.07) is 5.51. The number of rotatable bonds is 3. The Bertz CT molecular complexity index is 686. The molecule has 0 amide bonds. The fourth-order valence-corrected chi connectivity index (χ4v) is 3.23. The van der Waals surface area contributed by atoms with Crippen LogP contribution in [0, 0.1) is 22.0 Å². The molecular formula is C16H19N3O2. The molecule has 0 aliphatic heterocycles. The Balaban J connectivity index is 2.00. The lowest BCUT2D eigenvalue weighted by Crippen LogP contribution is -2.24. The van der Waals surface area contributed by atoms with Crippen LogP contribution < -0.4 is 5.32 Å². The van der Waals surface area contributed by atoms with Gasteiger partial charge in [-0.05, 0) is 36.8 Å². The van der Waals surface area contributed by atoms with Gasteiger partial charge in [-0.15, -0.1) is 0 Å². The van der Waals surface area contributed by atoms with Gasteiger partial charge in [-0.3, -0.25) is 15.1 Å². The molecule has 0 radical (unpaired) electrons. The van der Waals surface area contributed by atoms with Crippen LogP contribution in [-0.4, -0.2) is 15.9 Å². The highest BCUT2D eigenvalue weighted by molar-refractivity contribution is 5.99. The first-order valence-corrected chi connectivity index (χ1v) is 7.35. The predicted molar refractivity (Wildman–Crippen MR) is 83.4 cm³/mol. The predicted octanol–water partition coefficient (Wildman–Crippen LogP) is 3.99. The fourth-order valence-electron chi connectivity index (χ4n) is 3.23. The maximum Gasteiger partial charge on any atom is 0.277 e. The second-order valence-corrected chi connectivity index (χ2v) is 5.98. The molecule has 2 aromatic rings. The third kappa shape index (κ3) is 2.44. The number of nitrogens with zero attached hydrogens (tertiary/aromatic N) is 2. The summed E-state index contributed by atoms with van der Waals surface area (Å²) in [7, 11) is 0. The summed E-state index contributed by atoms with van der Waals surface area (Å²) in [5, 5.41) is 16.2. The number of aromatic nitrogens is 1. The topological polar surface area (TPSA) is 68.1 Å². The van der Waals surface area contributed by atoms with E-state index < -0.39 is 0 Å². The number of pyridine rings is 1. The van der Waals surface area contributed by atoms with Crippen LogP contribution in [0.2, 0.25) is 0 Å². The molecule has 1 saturated carbocycles. The van der Waals surface area contributed by atoms with Crippen LogP contribution >= 0.6 is 0 Å². The van der Waals surface area contributed by atoms with Gasteiger partial charge in [0.25, 0.3) is 5.69 Å². The second-order valence-electron chi connectivity index (χ2n) is 5.98. The van der Waals surface area contributed by atoms with Crippen molar-refractivity contribution < 1.29 is 4.92 Å². The van der Waals surface area contributed by atoms with Gasteiger partial charge in [0.05, 0.1) is 10.3 Å². The Kier molecular flexibility index (Phi) is 3.49. The Morgan fingerprint density at radius 3 is 2.71 bits per heavy atom. The molecule has 1 aliphatic carbocycles. The number of anilines is 1. The molecule has 3 unspecified atom stereocenters. The lowest BCUT2D eigenvalue weighted by Gasteiger charge is -2.21. The van der Waals surface area contributed by atoms with Crippen molar-refractivity contribution in [1.29, 1.82) is 0 Å². The zero-order valence-corrected chi connectivity index (χ0v) is 12.2. The van der Waals surface area contributed by atoms with Crippen LogP contribution in [0.4, 0.5) is 11.4 Å². The molecule has 5 nitrogen and oxygen atoms in total. The summed E-state index contributed by atoms with van der Waals surface area (Å²) in [6.07, 6.45) is 5.66. The van der Waals surface area contributed by atoms with Crippen LogP contribution in [0.25, 0.3) is 10.8 Å². The molecule has 1 aromatic carbocycles. The molecule has 3 atom stereocenters. The lowest BCUT2D eigenvalue weighted by molar-refractivity contribution is -0.383. The van der Waals surface area contributed by atoms with E-state index in [4.69, 9.17) is 0 Å². The van der Waals surface area contributed by atoms with Crippen LogP contribution in [-0.2, 0) is 0 Å². The molecule has 21 heavy (non-hydrogen) atoms. The van der Waals surface area contributed by atoms with Gasteiger partial charge in [0.15, 0.2) is 0 Å². The third-order valence-electron chi connectivity index (χ3n) is 4.80. The molecule has 0 saturated heterocycles. The normalized spacial score (nSPS) is 25.1. The smallest absolute Gasteiger partial charge is 0.277 e. The molecular weight excluding hydrogens is 266 g/mol. The highest BCUT2D eigenvalue weighted by atomic mass is 16.6.